The zero-order valence-corrected chi connectivity index (χ0v) is 14.5. The summed E-state index contributed by atoms with van der Waals surface area (Å²) in [5, 5.41) is 3.94. The number of para-hydroxylation sites is 2. The topological polar surface area (TPSA) is 46.5 Å². The number of hydrogen-bond acceptors (Lipinski definition) is 4. The van der Waals surface area contributed by atoms with Gasteiger partial charge >= 0.3 is 0 Å². The van der Waals surface area contributed by atoms with Crippen molar-refractivity contribution in [3.8, 4) is 11.6 Å². The number of nitrogens with zero attached hydrogens (tertiary/aromatic N) is 2. The second kappa shape index (κ2) is 6.42. The van der Waals surface area contributed by atoms with Crippen LogP contribution in [-0.4, -0.2) is 11.2 Å². The molecule has 0 spiro atoms. The minimum absolute atomic E-state index is 0.460. The summed E-state index contributed by atoms with van der Waals surface area (Å²) in [4.78, 5) is 9.06. The van der Waals surface area contributed by atoms with Crippen LogP contribution >= 0.6 is 0 Å². The van der Waals surface area contributed by atoms with Crippen molar-refractivity contribution in [2.75, 3.05) is 5.32 Å². The third-order valence-corrected chi connectivity index (χ3v) is 4.43. The minimum Gasteiger partial charge on any atom is -0.436 e. The maximum atomic E-state index is 13.4. The summed E-state index contributed by atoms with van der Waals surface area (Å²) < 4.78 is 32.5. The second-order valence-corrected chi connectivity index (χ2v) is 6.37. The van der Waals surface area contributed by atoms with Gasteiger partial charge in [0, 0.05) is 29.0 Å². The lowest BCUT2D eigenvalue weighted by Gasteiger charge is -2.10. The molecule has 1 aliphatic rings. The Bertz CT molecular complexity index is 1250. The van der Waals surface area contributed by atoms with Gasteiger partial charge in [-0.25, -0.2) is 13.8 Å². The minimum atomic E-state index is -0.897. The first-order valence-electron chi connectivity index (χ1n) is 8.63. The molecule has 3 aromatic carbocycles. The number of rotatable bonds is 2. The molecule has 4 nitrogen and oxygen atoms in total. The van der Waals surface area contributed by atoms with Crippen LogP contribution in [0, 0.1) is 11.6 Å². The summed E-state index contributed by atoms with van der Waals surface area (Å²) in [6, 6.07) is 18.7. The lowest BCUT2D eigenvalue weighted by Crippen LogP contribution is -1.95. The van der Waals surface area contributed by atoms with E-state index in [9.17, 15) is 8.78 Å². The van der Waals surface area contributed by atoms with Crippen LogP contribution in [0.25, 0.3) is 10.9 Å². The van der Waals surface area contributed by atoms with Gasteiger partial charge in [0.1, 0.15) is 5.69 Å². The summed E-state index contributed by atoms with van der Waals surface area (Å²) in [7, 11) is 0. The first-order chi connectivity index (χ1) is 13.7. The molecule has 1 aromatic heterocycles. The Morgan fingerprint density at radius 1 is 0.821 bits per heavy atom. The fraction of sp³-hybridized carbons (Fsp3) is 0. The molecule has 0 atom stereocenters. The van der Waals surface area contributed by atoms with Gasteiger partial charge in [-0.05, 0) is 48.5 Å². The molecule has 1 aliphatic heterocycles. The molecule has 1 N–H and O–H groups in total. The molecule has 0 unspecified atom stereocenters. The van der Waals surface area contributed by atoms with Gasteiger partial charge in [-0.15, -0.1) is 0 Å². The van der Waals surface area contributed by atoms with Crippen LogP contribution in [-0.2, 0) is 0 Å². The molecule has 136 valence electrons. The number of halogens is 2. The fourth-order valence-corrected chi connectivity index (χ4v) is 3.06. The van der Waals surface area contributed by atoms with Gasteiger partial charge < -0.3 is 10.1 Å². The van der Waals surface area contributed by atoms with Gasteiger partial charge in [0.2, 0.25) is 5.88 Å². The molecule has 0 bridgehead atoms. The Kier molecular flexibility index (Phi) is 3.76. The molecule has 0 saturated heterocycles. The number of aliphatic imine (C=N–C) groups is 1. The predicted octanol–water partition coefficient (Wildman–Crippen LogP) is 6.11. The van der Waals surface area contributed by atoms with E-state index in [0.29, 0.717) is 17.3 Å². The van der Waals surface area contributed by atoms with E-state index in [1.54, 1.807) is 6.21 Å². The highest BCUT2D eigenvalue weighted by molar-refractivity contribution is 5.94. The number of aromatic nitrogens is 1. The van der Waals surface area contributed by atoms with Gasteiger partial charge in [0.25, 0.3) is 0 Å². The summed E-state index contributed by atoms with van der Waals surface area (Å²) >= 11 is 0. The number of anilines is 2. The first kappa shape index (κ1) is 16.4. The van der Waals surface area contributed by atoms with Crippen LogP contribution < -0.4 is 10.1 Å². The zero-order chi connectivity index (χ0) is 19.1. The van der Waals surface area contributed by atoms with Crippen molar-refractivity contribution in [3.63, 3.8) is 0 Å². The van der Waals surface area contributed by atoms with Crippen molar-refractivity contribution in [2.45, 2.75) is 0 Å². The number of pyridine rings is 1. The third kappa shape index (κ3) is 2.95. The lowest BCUT2D eigenvalue weighted by molar-refractivity contribution is 0.467. The van der Waals surface area contributed by atoms with Crippen molar-refractivity contribution in [3.05, 3.63) is 83.9 Å². The van der Waals surface area contributed by atoms with Crippen molar-refractivity contribution in [2.24, 2.45) is 4.99 Å². The quantitative estimate of drug-likeness (QED) is 0.406. The molecule has 28 heavy (non-hydrogen) atoms. The van der Waals surface area contributed by atoms with Gasteiger partial charge in [-0.3, -0.25) is 4.99 Å². The van der Waals surface area contributed by atoms with Crippen LogP contribution in [0.3, 0.4) is 0 Å². The van der Waals surface area contributed by atoms with Crippen molar-refractivity contribution in [1.29, 1.82) is 0 Å². The molecule has 5 rings (SSSR count). The molecular weight excluding hydrogens is 360 g/mol. The van der Waals surface area contributed by atoms with E-state index in [1.165, 1.54) is 6.07 Å². The first-order valence-corrected chi connectivity index (χ1v) is 8.63. The van der Waals surface area contributed by atoms with Crippen molar-refractivity contribution in [1.82, 2.24) is 4.98 Å². The Labute approximate surface area is 159 Å². The van der Waals surface area contributed by atoms with E-state index in [0.717, 1.165) is 40.0 Å². The average molecular weight is 373 g/mol. The molecule has 2 heterocycles. The summed E-state index contributed by atoms with van der Waals surface area (Å²) in [5.74, 6) is -0.634. The van der Waals surface area contributed by atoms with Crippen LogP contribution in [0.4, 0.5) is 25.8 Å². The Morgan fingerprint density at radius 2 is 1.64 bits per heavy atom. The van der Waals surface area contributed by atoms with Crippen LogP contribution in [0.5, 0.6) is 11.6 Å². The van der Waals surface area contributed by atoms with Gasteiger partial charge in [0.05, 0.1) is 11.1 Å². The number of hydrogen-bond donors (Lipinski definition) is 1. The van der Waals surface area contributed by atoms with Crippen LogP contribution in [0.2, 0.25) is 0 Å². The fourth-order valence-electron chi connectivity index (χ4n) is 3.06. The number of fused-ring (bicyclic) bond motifs is 3. The highest BCUT2D eigenvalue weighted by atomic mass is 19.2. The van der Waals surface area contributed by atoms with Crippen LogP contribution in [0.1, 0.15) is 5.56 Å². The number of ether oxygens (including phenoxy) is 1. The van der Waals surface area contributed by atoms with E-state index in [4.69, 9.17) is 4.74 Å². The van der Waals surface area contributed by atoms with Crippen LogP contribution in [0.15, 0.2) is 71.7 Å². The highest BCUT2D eigenvalue weighted by Crippen LogP contribution is 2.36. The highest BCUT2D eigenvalue weighted by Gasteiger charge is 2.14. The van der Waals surface area contributed by atoms with E-state index in [1.807, 2.05) is 48.5 Å². The zero-order valence-electron chi connectivity index (χ0n) is 14.5. The molecule has 0 saturated carbocycles. The molecule has 4 aromatic rings. The van der Waals surface area contributed by atoms with Gasteiger partial charge in [-0.1, -0.05) is 12.1 Å². The monoisotopic (exact) mass is 373 g/mol. The van der Waals surface area contributed by atoms with Gasteiger partial charge in [-0.2, -0.15) is 0 Å². The smallest absolute Gasteiger partial charge is 0.228 e. The molecule has 0 aliphatic carbocycles. The molecular formula is C22H13F2N3O. The summed E-state index contributed by atoms with van der Waals surface area (Å²) in [5.41, 5.74) is 3.44. The van der Waals surface area contributed by atoms with E-state index in [-0.39, 0.29) is 0 Å². The maximum absolute atomic E-state index is 13.4. The SMILES string of the molecule is Fc1ccc(Nc2ccc3nc4c(cc3c2)C=Nc2ccccc2O4)cc1F. The molecule has 0 amide bonds. The van der Waals surface area contributed by atoms with Gasteiger partial charge in [0.15, 0.2) is 17.4 Å². The van der Waals surface area contributed by atoms with E-state index >= 15 is 0 Å². The largest absolute Gasteiger partial charge is 0.436 e. The molecule has 6 heteroatoms. The number of benzene rings is 3. The van der Waals surface area contributed by atoms with Crippen molar-refractivity contribution >= 4 is 34.2 Å². The summed E-state index contributed by atoms with van der Waals surface area (Å²) in [6.07, 6.45) is 1.73. The molecule has 0 fully saturated rings. The third-order valence-electron chi connectivity index (χ3n) is 4.43. The van der Waals surface area contributed by atoms with Crippen molar-refractivity contribution < 1.29 is 13.5 Å². The Morgan fingerprint density at radius 3 is 2.54 bits per heavy atom. The summed E-state index contributed by atoms with van der Waals surface area (Å²) in [6.45, 7) is 0. The Hall–Kier alpha value is -3.80. The maximum Gasteiger partial charge on any atom is 0.228 e. The molecule has 0 radical (unpaired) electrons. The normalized spacial score (nSPS) is 12.1. The average Bonchev–Trinajstić information content (AvgIpc) is 2.88. The predicted molar refractivity (Wildman–Crippen MR) is 105 cm³/mol. The Balaban J connectivity index is 1.52. The number of nitrogens with one attached hydrogen (secondary N) is 1. The second-order valence-electron chi connectivity index (χ2n) is 6.37. The van der Waals surface area contributed by atoms with E-state index < -0.39 is 11.6 Å². The lowest BCUT2D eigenvalue weighted by atomic mass is 10.1. The van der Waals surface area contributed by atoms with E-state index in [2.05, 4.69) is 15.3 Å². The standard InChI is InChI=1S/C22H13F2N3O/c23-17-7-5-16(11-18(17)24)26-15-6-8-19-13(10-15)9-14-12-25-20-3-1-2-4-21(20)28-22(14)27-19/h1-12,26H.